The summed E-state index contributed by atoms with van der Waals surface area (Å²) in [5.74, 6) is -2.43. The maximum Gasteiger partial charge on any atom is 0.303 e. The van der Waals surface area contributed by atoms with Gasteiger partial charge in [0.05, 0.1) is 6.61 Å². The van der Waals surface area contributed by atoms with Gasteiger partial charge in [-0.05, 0) is 30.0 Å². The van der Waals surface area contributed by atoms with Crippen LogP contribution in [0, 0.1) is 11.8 Å². The average molecular weight is 514 g/mol. The number of esters is 4. The molecule has 202 valence electrons. The Morgan fingerprint density at radius 2 is 1.53 bits per heavy atom. The molecule has 1 saturated heterocycles. The van der Waals surface area contributed by atoms with Crippen LogP contribution in [0.15, 0.2) is 23.5 Å². The fraction of sp³-hybridized carbons (Fsp3) is 0.667. The van der Waals surface area contributed by atoms with Gasteiger partial charge in [-0.3, -0.25) is 19.2 Å². The van der Waals surface area contributed by atoms with Crippen LogP contribution in [0.1, 0.15) is 41.0 Å². The molecule has 36 heavy (non-hydrogen) atoms. The van der Waals surface area contributed by atoms with Gasteiger partial charge in [-0.15, -0.1) is 0 Å². The van der Waals surface area contributed by atoms with Crippen molar-refractivity contribution < 1.29 is 52.7 Å². The maximum atomic E-state index is 12.0. The molecule has 12 nitrogen and oxygen atoms in total. The van der Waals surface area contributed by atoms with Crippen LogP contribution in [-0.4, -0.2) is 79.4 Å². The molecule has 3 N–H and O–H groups in total. The Morgan fingerprint density at radius 3 is 2.06 bits per heavy atom. The Hall–Kier alpha value is -2.96. The van der Waals surface area contributed by atoms with Crippen molar-refractivity contribution in [3.05, 3.63) is 23.5 Å². The third-order valence-corrected chi connectivity index (χ3v) is 5.82. The smallest absolute Gasteiger partial charge is 0.303 e. The summed E-state index contributed by atoms with van der Waals surface area (Å²) in [6.45, 7) is 6.40. The molecule has 1 aliphatic carbocycles. The van der Waals surface area contributed by atoms with E-state index < -0.39 is 54.6 Å². The third-order valence-electron chi connectivity index (χ3n) is 5.82. The molecule has 7 atom stereocenters. The lowest BCUT2D eigenvalue weighted by atomic mass is 9.86. The molecule has 0 aromatic carbocycles. The topological polar surface area (TPSA) is 170 Å². The number of carbonyl (C=O) groups is 4. The van der Waals surface area contributed by atoms with Crippen molar-refractivity contribution in [3.8, 4) is 0 Å². The summed E-state index contributed by atoms with van der Waals surface area (Å²) in [7, 11) is 0. The van der Waals surface area contributed by atoms with E-state index >= 15 is 0 Å². The standard InChI is InChI=1S/C24H35NO11/c1-12-8-18(7-6-17(10-26)19(12)9-25)35-24-23(34-16(5)30)22(33-15(4)29)21(32-14(3)28)20(36-24)11-31-13(2)27/h6-7,12,19-24,26H,8-11,25H2,1-5H3/t12?,19?,20?,21-,22?,23?,24+/m0/s1. The van der Waals surface area contributed by atoms with Crippen molar-refractivity contribution in [3.63, 3.8) is 0 Å². The van der Waals surface area contributed by atoms with Gasteiger partial charge in [0.2, 0.25) is 12.4 Å². The molecule has 1 aliphatic heterocycles. The van der Waals surface area contributed by atoms with Crippen molar-refractivity contribution in [1.29, 1.82) is 0 Å². The van der Waals surface area contributed by atoms with Crippen LogP contribution in [0.5, 0.6) is 0 Å². The molecule has 0 aromatic heterocycles. The number of carbonyl (C=O) groups excluding carboxylic acids is 4. The van der Waals surface area contributed by atoms with Gasteiger partial charge < -0.3 is 39.3 Å². The molecule has 1 fully saturated rings. The monoisotopic (exact) mass is 513 g/mol. The lowest BCUT2D eigenvalue weighted by Gasteiger charge is -2.44. The number of aliphatic hydroxyl groups excluding tert-OH is 1. The fourth-order valence-electron chi connectivity index (χ4n) is 4.29. The quantitative estimate of drug-likeness (QED) is 0.324. The van der Waals surface area contributed by atoms with E-state index in [1.807, 2.05) is 6.92 Å². The van der Waals surface area contributed by atoms with E-state index in [-0.39, 0.29) is 25.0 Å². The van der Waals surface area contributed by atoms with E-state index in [2.05, 4.69) is 0 Å². The van der Waals surface area contributed by atoms with Gasteiger partial charge in [0.1, 0.15) is 18.5 Å². The largest absolute Gasteiger partial charge is 0.465 e. The van der Waals surface area contributed by atoms with Crippen LogP contribution < -0.4 is 5.73 Å². The Bertz CT molecular complexity index is 883. The zero-order valence-electron chi connectivity index (χ0n) is 21.1. The molecule has 0 aromatic rings. The van der Waals surface area contributed by atoms with Crippen LogP contribution in [0.3, 0.4) is 0 Å². The zero-order chi connectivity index (χ0) is 27.0. The molecule has 0 bridgehead atoms. The fourth-order valence-corrected chi connectivity index (χ4v) is 4.29. The highest BCUT2D eigenvalue weighted by atomic mass is 16.7. The summed E-state index contributed by atoms with van der Waals surface area (Å²) in [5.41, 5.74) is 6.64. The van der Waals surface area contributed by atoms with Crippen LogP contribution >= 0.6 is 0 Å². The molecule has 0 amide bonds. The summed E-state index contributed by atoms with van der Waals surface area (Å²) in [6, 6.07) is 0. The number of nitrogens with two attached hydrogens (primary N) is 1. The van der Waals surface area contributed by atoms with Gasteiger partial charge in [0, 0.05) is 34.1 Å². The average Bonchev–Trinajstić information content (AvgIpc) is 2.92. The minimum absolute atomic E-state index is 0.00665. The Kier molecular flexibility index (Phi) is 10.9. The minimum Gasteiger partial charge on any atom is -0.465 e. The molecule has 5 unspecified atom stereocenters. The van der Waals surface area contributed by atoms with Crippen molar-refractivity contribution in [2.75, 3.05) is 19.8 Å². The number of ether oxygens (including phenoxy) is 6. The SMILES string of the molecule is CC(=O)OCC1O[C@@H](OC2=CC=C(CO)C(CN)C(C)C2)C(OC(C)=O)C(OC(C)=O)[C@H]1OC(C)=O. The number of hydrogen-bond donors (Lipinski definition) is 2. The van der Waals surface area contributed by atoms with E-state index in [1.165, 1.54) is 6.92 Å². The highest BCUT2D eigenvalue weighted by molar-refractivity contribution is 5.68. The van der Waals surface area contributed by atoms with E-state index in [1.54, 1.807) is 12.2 Å². The first-order chi connectivity index (χ1) is 17.0. The summed E-state index contributed by atoms with van der Waals surface area (Å²) >= 11 is 0. The summed E-state index contributed by atoms with van der Waals surface area (Å²) in [6.07, 6.45) is -2.55. The molecule has 2 rings (SSSR count). The van der Waals surface area contributed by atoms with Gasteiger partial charge in [0.15, 0.2) is 12.2 Å². The molecule has 1 heterocycles. The first kappa shape index (κ1) is 29.3. The second-order valence-corrected chi connectivity index (χ2v) is 8.74. The Labute approximate surface area is 209 Å². The van der Waals surface area contributed by atoms with Crippen LogP contribution in [-0.2, 0) is 47.6 Å². The Morgan fingerprint density at radius 1 is 0.944 bits per heavy atom. The van der Waals surface area contributed by atoms with Gasteiger partial charge in [-0.2, -0.15) is 0 Å². The highest BCUT2D eigenvalue weighted by Gasteiger charge is 2.53. The van der Waals surface area contributed by atoms with Crippen molar-refractivity contribution >= 4 is 23.9 Å². The molecule has 0 saturated carbocycles. The predicted molar refractivity (Wildman–Crippen MR) is 123 cm³/mol. The summed E-state index contributed by atoms with van der Waals surface area (Å²) in [4.78, 5) is 47.2. The van der Waals surface area contributed by atoms with Crippen LogP contribution in [0.2, 0.25) is 0 Å². The second-order valence-electron chi connectivity index (χ2n) is 8.74. The normalized spacial score (nSPS) is 30.1. The first-order valence-corrected chi connectivity index (χ1v) is 11.6. The third kappa shape index (κ3) is 8.04. The molecular formula is C24H35NO11. The Balaban J connectivity index is 2.45. The van der Waals surface area contributed by atoms with Gasteiger partial charge in [-0.1, -0.05) is 13.0 Å². The van der Waals surface area contributed by atoms with E-state index in [4.69, 9.17) is 34.2 Å². The molecule has 2 aliphatic rings. The van der Waals surface area contributed by atoms with Crippen molar-refractivity contribution in [2.24, 2.45) is 17.6 Å². The highest BCUT2D eigenvalue weighted by Crippen LogP contribution is 2.34. The minimum atomic E-state index is -1.32. The zero-order valence-corrected chi connectivity index (χ0v) is 21.1. The summed E-state index contributed by atoms with van der Waals surface area (Å²) in [5, 5.41) is 9.74. The number of hydrogen-bond acceptors (Lipinski definition) is 12. The van der Waals surface area contributed by atoms with E-state index in [0.29, 0.717) is 18.7 Å². The molecular weight excluding hydrogens is 478 g/mol. The first-order valence-electron chi connectivity index (χ1n) is 11.6. The van der Waals surface area contributed by atoms with E-state index in [0.717, 1.165) is 26.3 Å². The summed E-state index contributed by atoms with van der Waals surface area (Å²) < 4.78 is 33.3. The second kappa shape index (κ2) is 13.4. The number of rotatable bonds is 9. The number of aliphatic hydroxyl groups is 1. The van der Waals surface area contributed by atoms with Crippen LogP contribution in [0.4, 0.5) is 0 Å². The van der Waals surface area contributed by atoms with Gasteiger partial charge in [0.25, 0.3) is 0 Å². The van der Waals surface area contributed by atoms with Crippen molar-refractivity contribution in [1.82, 2.24) is 0 Å². The number of allylic oxidation sites excluding steroid dienone is 3. The maximum absolute atomic E-state index is 12.0. The van der Waals surface area contributed by atoms with Gasteiger partial charge >= 0.3 is 23.9 Å². The van der Waals surface area contributed by atoms with Gasteiger partial charge in [-0.25, -0.2) is 0 Å². The molecule has 0 radical (unpaired) electrons. The molecule has 12 heteroatoms. The molecule has 0 spiro atoms. The van der Waals surface area contributed by atoms with Crippen molar-refractivity contribution in [2.45, 2.75) is 71.7 Å². The van der Waals surface area contributed by atoms with Crippen LogP contribution in [0.25, 0.3) is 0 Å². The lowest BCUT2D eigenvalue weighted by Crippen LogP contribution is -2.62. The van der Waals surface area contributed by atoms with E-state index in [9.17, 15) is 24.3 Å². The predicted octanol–water partition coefficient (Wildman–Crippen LogP) is 0.503. The lowest BCUT2D eigenvalue weighted by molar-refractivity contribution is -0.300.